The summed E-state index contributed by atoms with van der Waals surface area (Å²) in [5, 5.41) is 11.5. The Hall–Kier alpha value is -0.840. The lowest BCUT2D eigenvalue weighted by Crippen LogP contribution is -1.86. The fourth-order valence-electron chi connectivity index (χ4n) is 1.23. The molecule has 2 rings (SSSR count). The van der Waals surface area contributed by atoms with Gasteiger partial charge in [-0.25, -0.2) is 0 Å². The summed E-state index contributed by atoms with van der Waals surface area (Å²) in [6.45, 7) is 0. The van der Waals surface area contributed by atoms with Crippen molar-refractivity contribution in [3.05, 3.63) is 37.7 Å². The van der Waals surface area contributed by atoms with E-state index in [1.54, 1.807) is 18.2 Å². The Morgan fingerprint density at radius 3 is 2.71 bits per heavy atom. The summed E-state index contributed by atoms with van der Waals surface area (Å²) < 4.78 is 0.896. The first-order chi connectivity index (χ1) is 6.61. The van der Waals surface area contributed by atoms with E-state index in [4.69, 9.17) is 23.2 Å². The molecule has 0 aliphatic carbocycles. The molecule has 14 heavy (non-hydrogen) atoms. The number of nitro groups is 1. The highest BCUT2D eigenvalue weighted by Gasteiger charge is 2.22. The van der Waals surface area contributed by atoms with Gasteiger partial charge in [-0.1, -0.05) is 29.3 Å². The minimum atomic E-state index is -0.507. The van der Waals surface area contributed by atoms with E-state index >= 15 is 0 Å². The lowest BCUT2D eigenvalue weighted by molar-refractivity contribution is -0.382. The number of fused-ring (bicyclic) bond motifs is 1. The predicted octanol–water partition coefficient (Wildman–Crippen LogP) is 4.12. The van der Waals surface area contributed by atoms with Gasteiger partial charge in [0.1, 0.15) is 0 Å². The third-order valence-corrected chi connectivity index (χ3v) is 3.44. The lowest BCUT2D eigenvalue weighted by Gasteiger charge is -1.92. The summed E-state index contributed by atoms with van der Waals surface area (Å²) in [6.07, 6.45) is 0. The van der Waals surface area contributed by atoms with E-state index in [0.29, 0.717) is 10.4 Å². The fourth-order valence-corrected chi connectivity index (χ4v) is 2.88. The number of nitrogens with zero attached hydrogens (tertiary/aromatic N) is 1. The Kier molecular flexibility index (Phi) is 2.34. The molecule has 0 bridgehead atoms. The van der Waals surface area contributed by atoms with Gasteiger partial charge in [-0.2, -0.15) is 0 Å². The largest absolute Gasteiger partial charge is 0.308 e. The van der Waals surface area contributed by atoms with Crippen LogP contribution in [0.1, 0.15) is 0 Å². The van der Waals surface area contributed by atoms with Gasteiger partial charge < -0.3 is 0 Å². The van der Waals surface area contributed by atoms with Gasteiger partial charge in [0, 0.05) is 4.70 Å². The Labute approximate surface area is 93.0 Å². The van der Waals surface area contributed by atoms with E-state index in [9.17, 15) is 10.1 Å². The highest BCUT2D eigenvalue weighted by molar-refractivity contribution is 7.23. The van der Waals surface area contributed by atoms with Gasteiger partial charge in [0.25, 0.3) is 0 Å². The Morgan fingerprint density at radius 2 is 2.07 bits per heavy atom. The smallest absolute Gasteiger partial charge is 0.258 e. The number of hydrogen-bond acceptors (Lipinski definition) is 3. The van der Waals surface area contributed by atoms with Crippen molar-refractivity contribution < 1.29 is 4.92 Å². The number of rotatable bonds is 1. The van der Waals surface area contributed by atoms with Gasteiger partial charge in [0.15, 0.2) is 4.34 Å². The van der Waals surface area contributed by atoms with E-state index in [1.165, 1.54) is 0 Å². The monoisotopic (exact) mass is 247 g/mol. The maximum absolute atomic E-state index is 10.7. The number of hydrogen-bond donors (Lipinski definition) is 0. The number of benzene rings is 1. The van der Waals surface area contributed by atoms with Gasteiger partial charge in [-0.15, -0.1) is 11.3 Å². The van der Waals surface area contributed by atoms with Gasteiger partial charge in [0.2, 0.25) is 0 Å². The second-order valence-corrected chi connectivity index (χ2v) is 4.66. The molecule has 1 heterocycles. The van der Waals surface area contributed by atoms with Crippen LogP contribution in [0.3, 0.4) is 0 Å². The van der Waals surface area contributed by atoms with Crippen molar-refractivity contribution in [2.24, 2.45) is 0 Å². The molecule has 2 aromatic rings. The van der Waals surface area contributed by atoms with Crippen molar-refractivity contribution in [2.45, 2.75) is 0 Å². The molecular weight excluding hydrogens is 245 g/mol. The molecule has 0 N–H and O–H groups in total. The van der Waals surface area contributed by atoms with Gasteiger partial charge in [-0.3, -0.25) is 10.1 Å². The first-order valence-electron chi connectivity index (χ1n) is 3.62. The minimum Gasteiger partial charge on any atom is -0.258 e. The molecule has 0 radical (unpaired) electrons. The molecular formula is C8H3Cl2NO2S. The molecule has 0 spiro atoms. The first-order valence-corrected chi connectivity index (χ1v) is 5.19. The van der Waals surface area contributed by atoms with Crippen molar-refractivity contribution >= 4 is 50.3 Å². The summed E-state index contributed by atoms with van der Waals surface area (Å²) in [5.41, 5.74) is -0.0998. The van der Waals surface area contributed by atoms with Crippen LogP contribution in [-0.2, 0) is 0 Å². The summed E-state index contributed by atoms with van der Waals surface area (Å²) in [4.78, 5) is 10.2. The lowest BCUT2D eigenvalue weighted by atomic mass is 10.2. The molecule has 0 amide bonds. The highest BCUT2D eigenvalue weighted by Crippen LogP contribution is 2.43. The van der Waals surface area contributed by atoms with Gasteiger partial charge in [0.05, 0.1) is 15.3 Å². The van der Waals surface area contributed by atoms with Crippen molar-refractivity contribution in [1.29, 1.82) is 0 Å². The zero-order valence-electron chi connectivity index (χ0n) is 6.66. The average Bonchev–Trinajstić information content (AvgIpc) is 2.42. The van der Waals surface area contributed by atoms with E-state index in [2.05, 4.69) is 0 Å². The van der Waals surface area contributed by atoms with Crippen LogP contribution >= 0.6 is 34.5 Å². The molecule has 0 saturated carbocycles. The maximum Gasteiger partial charge on any atom is 0.308 e. The molecule has 3 nitrogen and oxygen atoms in total. The molecule has 1 aromatic heterocycles. The first kappa shape index (κ1) is 9.71. The van der Waals surface area contributed by atoms with E-state index in [-0.39, 0.29) is 10.0 Å². The quantitative estimate of drug-likeness (QED) is 0.562. The molecule has 0 aliphatic heterocycles. The van der Waals surface area contributed by atoms with Gasteiger partial charge in [-0.05, 0) is 12.1 Å². The SMILES string of the molecule is O=[N+]([O-])c1c(Cl)sc2cccc(Cl)c12. The molecule has 6 heteroatoms. The summed E-state index contributed by atoms with van der Waals surface area (Å²) >= 11 is 12.8. The minimum absolute atomic E-state index is 0.0998. The summed E-state index contributed by atoms with van der Waals surface area (Å²) in [7, 11) is 0. The normalized spacial score (nSPS) is 10.7. The third kappa shape index (κ3) is 1.35. The molecule has 1 aromatic carbocycles. The Balaban J connectivity index is 2.93. The Morgan fingerprint density at radius 1 is 1.36 bits per heavy atom. The number of thiophene rings is 1. The van der Waals surface area contributed by atoms with Crippen molar-refractivity contribution in [2.75, 3.05) is 0 Å². The van der Waals surface area contributed by atoms with Crippen LogP contribution in [0, 0.1) is 10.1 Å². The second kappa shape index (κ2) is 3.38. The van der Waals surface area contributed by atoms with Crippen molar-refractivity contribution in [1.82, 2.24) is 0 Å². The Bertz CT molecular complexity index is 523. The van der Waals surface area contributed by atoms with E-state index in [0.717, 1.165) is 16.0 Å². The fraction of sp³-hybridized carbons (Fsp3) is 0. The topological polar surface area (TPSA) is 43.1 Å². The maximum atomic E-state index is 10.7. The predicted molar refractivity (Wildman–Crippen MR) is 58.5 cm³/mol. The molecule has 0 atom stereocenters. The number of halogens is 2. The van der Waals surface area contributed by atoms with Crippen LogP contribution in [0.4, 0.5) is 5.69 Å². The zero-order chi connectivity index (χ0) is 10.3. The zero-order valence-corrected chi connectivity index (χ0v) is 8.99. The summed E-state index contributed by atoms with van der Waals surface area (Å²) in [5.74, 6) is 0. The average molecular weight is 248 g/mol. The standard InChI is InChI=1S/C8H3Cl2NO2S/c9-4-2-1-3-5-6(4)7(11(12)13)8(10)14-5/h1-3H. The molecule has 0 saturated heterocycles. The molecule has 72 valence electrons. The van der Waals surface area contributed by atoms with Gasteiger partial charge >= 0.3 is 5.69 Å². The van der Waals surface area contributed by atoms with Crippen molar-refractivity contribution in [3.8, 4) is 0 Å². The summed E-state index contributed by atoms with van der Waals surface area (Å²) in [6, 6.07) is 5.10. The molecule has 0 aliphatic rings. The van der Waals surface area contributed by atoms with Crippen LogP contribution < -0.4 is 0 Å². The van der Waals surface area contributed by atoms with E-state index < -0.39 is 4.92 Å². The van der Waals surface area contributed by atoms with Crippen molar-refractivity contribution in [3.63, 3.8) is 0 Å². The third-order valence-electron chi connectivity index (χ3n) is 1.78. The van der Waals surface area contributed by atoms with Crippen LogP contribution in [0.5, 0.6) is 0 Å². The van der Waals surface area contributed by atoms with Crippen LogP contribution in [0.15, 0.2) is 18.2 Å². The van der Waals surface area contributed by atoms with E-state index in [1.807, 2.05) is 0 Å². The highest BCUT2D eigenvalue weighted by atomic mass is 35.5. The molecule has 0 unspecified atom stereocenters. The molecule has 0 fully saturated rings. The second-order valence-electron chi connectivity index (χ2n) is 2.59. The van der Waals surface area contributed by atoms with Crippen LogP contribution in [0.2, 0.25) is 9.36 Å². The van der Waals surface area contributed by atoms with Crippen LogP contribution in [0.25, 0.3) is 10.1 Å². The van der Waals surface area contributed by atoms with Crippen LogP contribution in [-0.4, -0.2) is 4.92 Å².